The summed E-state index contributed by atoms with van der Waals surface area (Å²) >= 11 is 0. The Hall–Kier alpha value is -2.99. The van der Waals surface area contributed by atoms with Crippen molar-refractivity contribution in [3.8, 4) is 0 Å². The molecule has 0 bridgehead atoms. The summed E-state index contributed by atoms with van der Waals surface area (Å²) in [6.45, 7) is 5.60. The van der Waals surface area contributed by atoms with Crippen LogP contribution in [0.4, 0.5) is 5.82 Å². The second kappa shape index (κ2) is 7.36. The van der Waals surface area contributed by atoms with Gasteiger partial charge in [-0.05, 0) is 62.1 Å². The van der Waals surface area contributed by atoms with E-state index in [1.54, 1.807) is 0 Å². The third-order valence-electron chi connectivity index (χ3n) is 6.06. The van der Waals surface area contributed by atoms with Gasteiger partial charge in [-0.3, -0.25) is 9.78 Å². The third kappa shape index (κ3) is 3.41. The smallest absolute Gasteiger partial charge is 0.254 e. The minimum absolute atomic E-state index is 0.00246. The Bertz CT molecular complexity index is 1120. The van der Waals surface area contributed by atoms with E-state index >= 15 is 0 Å². The highest BCUT2D eigenvalue weighted by atomic mass is 16.5. The van der Waals surface area contributed by atoms with Crippen LogP contribution < -0.4 is 5.73 Å². The molecular weight excluding hydrogens is 376 g/mol. The molecule has 0 spiro atoms. The van der Waals surface area contributed by atoms with Gasteiger partial charge in [0.1, 0.15) is 5.82 Å². The summed E-state index contributed by atoms with van der Waals surface area (Å²) in [5.41, 5.74) is 11.7. The predicted molar refractivity (Wildman–Crippen MR) is 116 cm³/mol. The Morgan fingerprint density at radius 3 is 2.70 bits per heavy atom. The number of anilines is 1. The van der Waals surface area contributed by atoms with Crippen LogP contribution >= 0.6 is 0 Å². The summed E-state index contributed by atoms with van der Waals surface area (Å²) in [7, 11) is 0. The number of ether oxygens (including phenoxy) is 1. The second-order valence-electron chi connectivity index (χ2n) is 8.57. The van der Waals surface area contributed by atoms with Gasteiger partial charge in [-0.1, -0.05) is 6.07 Å². The molecule has 3 aromatic rings. The van der Waals surface area contributed by atoms with Crippen LogP contribution in [0.3, 0.4) is 0 Å². The summed E-state index contributed by atoms with van der Waals surface area (Å²) < 4.78 is 5.58. The lowest BCUT2D eigenvalue weighted by Crippen LogP contribution is -2.36. The van der Waals surface area contributed by atoms with Crippen molar-refractivity contribution < 1.29 is 9.53 Å². The standard InChI is InChI=1S/C24H26N4O2/c1-14(2)28(11-15-3-7-21(26-10-15)16-4-5-16)24(29)17-6-8-22-18(9-17)19-12-30-13-20(19)23(25)27-22/h3,6-10,14,16H,4-5,11-13H2,1-2H3,(H2,25,27). The largest absolute Gasteiger partial charge is 0.383 e. The SMILES string of the molecule is CC(C)N(Cc1ccc(C2CC2)nc1)C(=O)c1ccc2nc(N)c3c(c2c1)COC3. The van der Waals surface area contributed by atoms with Crippen LogP contribution in [0.5, 0.6) is 0 Å². The van der Waals surface area contributed by atoms with Crippen LogP contribution in [0, 0.1) is 0 Å². The first-order valence-corrected chi connectivity index (χ1v) is 10.6. The highest BCUT2D eigenvalue weighted by molar-refractivity contribution is 5.99. The number of nitrogens with two attached hydrogens (primary N) is 1. The topological polar surface area (TPSA) is 81.3 Å². The lowest BCUT2D eigenvalue weighted by atomic mass is 10.0. The fourth-order valence-corrected chi connectivity index (χ4v) is 4.11. The molecule has 1 aliphatic carbocycles. The van der Waals surface area contributed by atoms with E-state index in [1.165, 1.54) is 18.5 Å². The first-order chi connectivity index (χ1) is 14.5. The van der Waals surface area contributed by atoms with Crippen molar-refractivity contribution in [1.82, 2.24) is 14.9 Å². The van der Waals surface area contributed by atoms with Gasteiger partial charge in [0.15, 0.2) is 0 Å². The van der Waals surface area contributed by atoms with E-state index in [2.05, 4.69) is 22.1 Å². The molecule has 0 radical (unpaired) electrons. The monoisotopic (exact) mass is 402 g/mol. The van der Waals surface area contributed by atoms with Gasteiger partial charge in [-0.25, -0.2) is 4.98 Å². The number of pyridine rings is 2. The average molecular weight is 402 g/mol. The molecule has 2 aliphatic rings. The van der Waals surface area contributed by atoms with E-state index in [9.17, 15) is 4.79 Å². The third-order valence-corrected chi connectivity index (χ3v) is 6.06. The summed E-state index contributed by atoms with van der Waals surface area (Å²) in [6.07, 6.45) is 4.38. The number of aromatic nitrogens is 2. The normalized spacial score (nSPS) is 15.6. The van der Waals surface area contributed by atoms with Gasteiger partial charge in [0.25, 0.3) is 5.91 Å². The maximum atomic E-state index is 13.4. The van der Waals surface area contributed by atoms with Gasteiger partial charge in [0, 0.05) is 46.9 Å². The van der Waals surface area contributed by atoms with E-state index in [0.717, 1.165) is 27.6 Å². The number of amides is 1. The Balaban J connectivity index is 1.44. The highest BCUT2D eigenvalue weighted by Gasteiger charge is 2.26. The van der Waals surface area contributed by atoms with E-state index in [4.69, 9.17) is 10.5 Å². The molecule has 154 valence electrons. The second-order valence-corrected chi connectivity index (χ2v) is 8.57. The van der Waals surface area contributed by atoms with Gasteiger partial charge in [-0.15, -0.1) is 0 Å². The van der Waals surface area contributed by atoms with Crippen LogP contribution in [-0.2, 0) is 24.5 Å². The summed E-state index contributed by atoms with van der Waals surface area (Å²) in [6, 6.07) is 9.91. The lowest BCUT2D eigenvalue weighted by Gasteiger charge is -2.27. The fraction of sp³-hybridized carbons (Fsp3) is 0.375. The summed E-state index contributed by atoms with van der Waals surface area (Å²) in [4.78, 5) is 24.4. The number of fused-ring (bicyclic) bond motifs is 3. The van der Waals surface area contributed by atoms with Crippen molar-refractivity contribution in [2.24, 2.45) is 0 Å². The number of nitrogen functional groups attached to an aromatic ring is 1. The van der Waals surface area contributed by atoms with Crippen molar-refractivity contribution >= 4 is 22.6 Å². The maximum Gasteiger partial charge on any atom is 0.254 e. The number of hydrogen-bond acceptors (Lipinski definition) is 5. The molecule has 0 atom stereocenters. The Morgan fingerprint density at radius 1 is 1.20 bits per heavy atom. The Labute approximate surface area is 176 Å². The minimum Gasteiger partial charge on any atom is -0.383 e. The van der Waals surface area contributed by atoms with Gasteiger partial charge >= 0.3 is 0 Å². The molecule has 3 heterocycles. The van der Waals surface area contributed by atoms with E-state index < -0.39 is 0 Å². The number of carbonyl (C=O) groups is 1. The molecule has 6 heteroatoms. The minimum atomic E-state index is 0.00246. The van der Waals surface area contributed by atoms with E-state index in [-0.39, 0.29) is 11.9 Å². The molecule has 2 N–H and O–H groups in total. The molecule has 1 fully saturated rings. The molecule has 0 unspecified atom stereocenters. The van der Waals surface area contributed by atoms with Gasteiger partial charge in [0.2, 0.25) is 0 Å². The number of rotatable bonds is 5. The zero-order valence-corrected chi connectivity index (χ0v) is 17.4. The molecule has 1 aliphatic heterocycles. The molecule has 1 aromatic carbocycles. The van der Waals surface area contributed by atoms with E-state index in [1.807, 2.05) is 43.1 Å². The van der Waals surface area contributed by atoms with Crippen LogP contribution in [0.1, 0.15) is 65.3 Å². The fourth-order valence-electron chi connectivity index (χ4n) is 4.11. The molecule has 1 amide bonds. The Kier molecular flexibility index (Phi) is 4.66. The van der Waals surface area contributed by atoms with Crippen molar-refractivity contribution in [3.63, 3.8) is 0 Å². The molecule has 5 rings (SSSR count). The molecule has 30 heavy (non-hydrogen) atoms. The molecule has 0 saturated heterocycles. The number of nitrogens with zero attached hydrogens (tertiary/aromatic N) is 3. The van der Waals surface area contributed by atoms with Crippen LogP contribution in [0.2, 0.25) is 0 Å². The van der Waals surface area contributed by atoms with Gasteiger partial charge in [-0.2, -0.15) is 0 Å². The van der Waals surface area contributed by atoms with Crippen molar-refractivity contribution in [2.75, 3.05) is 5.73 Å². The van der Waals surface area contributed by atoms with E-state index in [0.29, 0.717) is 37.1 Å². The molecule has 6 nitrogen and oxygen atoms in total. The average Bonchev–Trinajstić information content (AvgIpc) is 3.47. The van der Waals surface area contributed by atoms with Crippen molar-refractivity contribution in [3.05, 3.63) is 64.5 Å². The first-order valence-electron chi connectivity index (χ1n) is 10.6. The number of carbonyl (C=O) groups excluding carboxylic acids is 1. The number of benzene rings is 1. The first kappa shape index (κ1) is 19.0. The highest BCUT2D eigenvalue weighted by Crippen LogP contribution is 2.38. The summed E-state index contributed by atoms with van der Waals surface area (Å²) in [5.74, 6) is 1.15. The number of hydrogen-bond donors (Lipinski definition) is 1. The van der Waals surface area contributed by atoms with Crippen LogP contribution in [0.15, 0.2) is 36.5 Å². The molecule has 2 aromatic heterocycles. The Morgan fingerprint density at radius 2 is 2.00 bits per heavy atom. The van der Waals surface area contributed by atoms with Gasteiger partial charge in [0.05, 0.1) is 18.7 Å². The maximum absolute atomic E-state index is 13.4. The zero-order valence-electron chi connectivity index (χ0n) is 17.4. The zero-order chi connectivity index (χ0) is 20.8. The van der Waals surface area contributed by atoms with Gasteiger partial charge < -0.3 is 15.4 Å². The van der Waals surface area contributed by atoms with Crippen molar-refractivity contribution in [1.29, 1.82) is 0 Å². The predicted octanol–water partition coefficient (Wildman–Crippen LogP) is 4.17. The molecule has 1 saturated carbocycles. The van der Waals surface area contributed by atoms with Crippen LogP contribution in [-0.4, -0.2) is 26.8 Å². The summed E-state index contributed by atoms with van der Waals surface area (Å²) in [5, 5.41) is 0.946. The van der Waals surface area contributed by atoms with Crippen molar-refractivity contribution in [2.45, 2.75) is 58.4 Å². The molecular formula is C24H26N4O2. The quantitative estimate of drug-likeness (QED) is 0.693. The van der Waals surface area contributed by atoms with Crippen LogP contribution in [0.25, 0.3) is 10.9 Å². The lowest BCUT2D eigenvalue weighted by molar-refractivity contribution is 0.0690.